The molecule has 6 heteroatoms. The zero-order valence-corrected chi connectivity index (χ0v) is 8.81. The highest BCUT2D eigenvalue weighted by molar-refractivity contribution is 5.71. The monoisotopic (exact) mass is 219 g/mol. The summed E-state index contributed by atoms with van der Waals surface area (Å²) in [7, 11) is 0. The van der Waals surface area contributed by atoms with Gasteiger partial charge in [0, 0.05) is 6.04 Å². The molecule has 0 aromatic carbocycles. The van der Waals surface area contributed by atoms with Crippen molar-refractivity contribution in [1.29, 1.82) is 0 Å². The first-order valence-electron chi connectivity index (χ1n) is 5.47. The first kappa shape index (κ1) is 9.53. The number of nitrogens with zero attached hydrogens (tertiary/aromatic N) is 3. The molecule has 1 saturated heterocycles. The van der Waals surface area contributed by atoms with Crippen molar-refractivity contribution in [3.8, 4) is 0 Å². The lowest BCUT2D eigenvalue weighted by molar-refractivity contribution is 0.359. The maximum Gasteiger partial charge on any atom is 0.279 e. The molecule has 0 amide bonds. The van der Waals surface area contributed by atoms with E-state index in [0.29, 0.717) is 11.0 Å². The Morgan fingerprint density at radius 1 is 1.38 bits per heavy atom. The predicted molar refractivity (Wildman–Crippen MR) is 59.3 cm³/mol. The summed E-state index contributed by atoms with van der Waals surface area (Å²) in [6.07, 6.45) is 5.15. The van der Waals surface area contributed by atoms with E-state index < -0.39 is 0 Å². The standard InChI is InChI=1S/C10H13N5O/c16-10-9-8(5-13-14-9)12-6-15(10)7-1-3-11-4-2-7/h5-7,11H,1-4H2,(H,13,14). The van der Waals surface area contributed by atoms with Crippen LogP contribution in [0.4, 0.5) is 0 Å². The van der Waals surface area contributed by atoms with Gasteiger partial charge < -0.3 is 5.32 Å². The largest absolute Gasteiger partial charge is 0.317 e. The molecule has 2 N–H and O–H groups in total. The fourth-order valence-electron chi connectivity index (χ4n) is 2.19. The SMILES string of the molecule is O=c1c2[nH]ncc2ncn1C1CCNCC1. The molecule has 1 aliphatic heterocycles. The van der Waals surface area contributed by atoms with Gasteiger partial charge in [-0.2, -0.15) is 5.10 Å². The van der Waals surface area contributed by atoms with Gasteiger partial charge in [-0.05, 0) is 25.9 Å². The van der Waals surface area contributed by atoms with Gasteiger partial charge in [-0.15, -0.1) is 0 Å². The lowest BCUT2D eigenvalue weighted by atomic mass is 10.1. The van der Waals surface area contributed by atoms with Crippen molar-refractivity contribution >= 4 is 11.0 Å². The van der Waals surface area contributed by atoms with Crippen molar-refractivity contribution in [1.82, 2.24) is 25.1 Å². The summed E-state index contributed by atoms with van der Waals surface area (Å²) in [6.45, 7) is 1.91. The van der Waals surface area contributed by atoms with Gasteiger partial charge in [-0.3, -0.25) is 14.5 Å². The normalized spacial score (nSPS) is 18.0. The number of fused-ring (bicyclic) bond motifs is 1. The van der Waals surface area contributed by atoms with Crippen LogP contribution in [0, 0.1) is 0 Å². The fraction of sp³-hybridized carbons (Fsp3) is 0.500. The molecule has 16 heavy (non-hydrogen) atoms. The van der Waals surface area contributed by atoms with Crippen LogP contribution < -0.4 is 10.9 Å². The second-order valence-electron chi connectivity index (χ2n) is 4.07. The number of H-pyrrole nitrogens is 1. The summed E-state index contributed by atoms with van der Waals surface area (Å²) in [5.74, 6) is 0. The first-order valence-corrected chi connectivity index (χ1v) is 5.47. The summed E-state index contributed by atoms with van der Waals surface area (Å²) < 4.78 is 1.72. The van der Waals surface area contributed by atoms with Crippen LogP contribution in [0.1, 0.15) is 18.9 Å². The molecule has 1 fully saturated rings. The van der Waals surface area contributed by atoms with E-state index in [2.05, 4.69) is 20.5 Å². The van der Waals surface area contributed by atoms with Crippen LogP contribution in [-0.4, -0.2) is 32.8 Å². The molecule has 0 bridgehead atoms. The van der Waals surface area contributed by atoms with Crippen molar-refractivity contribution in [2.75, 3.05) is 13.1 Å². The van der Waals surface area contributed by atoms with Crippen LogP contribution in [0.15, 0.2) is 17.3 Å². The molecular formula is C10H13N5O. The van der Waals surface area contributed by atoms with E-state index in [1.165, 1.54) is 0 Å². The van der Waals surface area contributed by atoms with Gasteiger partial charge in [0.2, 0.25) is 0 Å². The van der Waals surface area contributed by atoms with Crippen LogP contribution >= 0.6 is 0 Å². The van der Waals surface area contributed by atoms with E-state index in [-0.39, 0.29) is 11.6 Å². The van der Waals surface area contributed by atoms with Crippen LogP contribution in [0.25, 0.3) is 11.0 Å². The van der Waals surface area contributed by atoms with Gasteiger partial charge in [0.25, 0.3) is 5.56 Å². The van der Waals surface area contributed by atoms with E-state index in [1.54, 1.807) is 17.1 Å². The van der Waals surface area contributed by atoms with Crippen molar-refractivity contribution < 1.29 is 0 Å². The molecule has 0 spiro atoms. The number of nitrogens with one attached hydrogen (secondary N) is 2. The Hall–Kier alpha value is -1.69. The Kier molecular flexibility index (Phi) is 2.21. The summed E-state index contributed by atoms with van der Waals surface area (Å²) in [5, 5.41) is 9.82. The number of aromatic amines is 1. The molecule has 0 unspecified atom stereocenters. The van der Waals surface area contributed by atoms with Crippen molar-refractivity contribution in [2.24, 2.45) is 0 Å². The minimum absolute atomic E-state index is 0.0191. The molecule has 0 radical (unpaired) electrons. The lowest BCUT2D eigenvalue weighted by Gasteiger charge is -2.24. The van der Waals surface area contributed by atoms with Gasteiger partial charge in [-0.1, -0.05) is 0 Å². The maximum atomic E-state index is 12.1. The van der Waals surface area contributed by atoms with Crippen LogP contribution in [0.2, 0.25) is 0 Å². The van der Waals surface area contributed by atoms with Crippen LogP contribution in [0.5, 0.6) is 0 Å². The molecular weight excluding hydrogens is 206 g/mol. The Labute approximate surface area is 91.7 Å². The van der Waals surface area contributed by atoms with Gasteiger partial charge in [0.05, 0.1) is 12.5 Å². The Balaban J connectivity index is 2.09. The molecule has 0 saturated carbocycles. The molecule has 84 valence electrons. The minimum atomic E-state index is -0.0191. The summed E-state index contributed by atoms with van der Waals surface area (Å²) >= 11 is 0. The van der Waals surface area contributed by atoms with Crippen LogP contribution in [-0.2, 0) is 0 Å². The predicted octanol–water partition coefficient (Wildman–Crippen LogP) is 0.0441. The molecule has 0 aliphatic carbocycles. The van der Waals surface area contributed by atoms with Crippen molar-refractivity contribution in [3.63, 3.8) is 0 Å². The molecule has 2 aromatic heterocycles. The number of rotatable bonds is 1. The number of piperidine rings is 1. The average Bonchev–Trinajstić information content (AvgIpc) is 2.80. The fourth-order valence-corrected chi connectivity index (χ4v) is 2.19. The molecule has 6 nitrogen and oxygen atoms in total. The summed E-state index contributed by atoms with van der Waals surface area (Å²) in [6, 6.07) is 0.258. The summed E-state index contributed by atoms with van der Waals surface area (Å²) in [5.41, 5.74) is 1.12. The van der Waals surface area contributed by atoms with Crippen LogP contribution in [0.3, 0.4) is 0 Å². The third-order valence-electron chi connectivity index (χ3n) is 3.09. The molecule has 2 aromatic rings. The summed E-state index contributed by atoms with van der Waals surface area (Å²) in [4.78, 5) is 16.3. The number of hydrogen-bond acceptors (Lipinski definition) is 4. The highest BCUT2D eigenvalue weighted by Crippen LogP contribution is 2.16. The Bertz CT molecular complexity index is 552. The third kappa shape index (κ3) is 1.42. The molecule has 3 heterocycles. The highest BCUT2D eigenvalue weighted by Gasteiger charge is 2.17. The zero-order valence-electron chi connectivity index (χ0n) is 8.81. The lowest BCUT2D eigenvalue weighted by Crippen LogP contribution is -2.34. The Morgan fingerprint density at radius 3 is 3.00 bits per heavy atom. The average molecular weight is 219 g/mol. The van der Waals surface area contributed by atoms with E-state index in [4.69, 9.17) is 0 Å². The zero-order chi connectivity index (χ0) is 11.0. The molecule has 3 rings (SSSR count). The van der Waals surface area contributed by atoms with E-state index in [1.807, 2.05) is 0 Å². The second kappa shape index (κ2) is 3.71. The van der Waals surface area contributed by atoms with Gasteiger partial charge in [0.1, 0.15) is 11.0 Å². The Morgan fingerprint density at radius 2 is 2.19 bits per heavy atom. The van der Waals surface area contributed by atoms with Gasteiger partial charge >= 0.3 is 0 Å². The quantitative estimate of drug-likeness (QED) is 0.710. The maximum absolute atomic E-state index is 12.1. The minimum Gasteiger partial charge on any atom is -0.317 e. The number of aromatic nitrogens is 4. The van der Waals surface area contributed by atoms with E-state index in [0.717, 1.165) is 25.9 Å². The molecule has 1 aliphatic rings. The number of hydrogen-bond donors (Lipinski definition) is 2. The van der Waals surface area contributed by atoms with E-state index >= 15 is 0 Å². The molecule has 0 atom stereocenters. The smallest absolute Gasteiger partial charge is 0.279 e. The third-order valence-corrected chi connectivity index (χ3v) is 3.09. The van der Waals surface area contributed by atoms with E-state index in [9.17, 15) is 4.79 Å². The van der Waals surface area contributed by atoms with Crippen molar-refractivity contribution in [3.05, 3.63) is 22.9 Å². The second-order valence-corrected chi connectivity index (χ2v) is 4.07. The van der Waals surface area contributed by atoms with Gasteiger partial charge in [0.15, 0.2) is 0 Å². The topological polar surface area (TPSA) is 75.6 Å². The van der Waals surface area contributed by atoms with Crippen molar-refractivity contribution in [2.45, 2.75) is 18.9 Å². The van der Waals surface area contributed by atoms with Gasteiger partial charge in [-0.25, -0.2) is 4.98 Å². The first-order chi connectivity index (χ1) is 7.86. The highest BCUT2D eigenvalue weighted by atomic mass is 16.1.